The van der Waals surface area contributed by atoms with Crippen molar-refractivity contribution < 1.29 is 9.53 Å². The molecule has 1 aliphatic heterocycles. The minimum absolute atomic E-state index is 0.0135. The van der Waals surface area contributed by atoms with Gasteiger partial charge in [-0.15, -0.1) is 0 Å². The zero-order valence-corrected chi connectivity index (χ0v) is 17.1. The Balaban J connectivity index is 1.63. The first-order chi connectivity index (χ1) is 14.7. The zero-order valence-electron chi connectivity index (χ0n) is 16.3. The highest BCUT2D eigenvalue weighted by atomic mass is 35.5. The number of para-hydroxylation sites is 1. The third kappa shape index (κ3) is 3.49. The van der Waals surface area contributed by atoms with Gasteiger partial charge in [-0.3, -0.25) is 4.79 Å². The van der Waals surface area contributed by atoms with Crippen LogP contribution in [0, 0.1) is 0 Å². The number of fused-ring (bicyclic) bond motifs is 3. The van der Waals surface area contributed by atoms with E-state index in [1.165, 1.54) is 0 Å². The van der Waals surface area contributed by atoms with Gasteiger partial charge in [-0.1, -0.05) is 72.3 Å². The Labute approximate surface area is 180 Å². The second kappa shape index (κ2) is 7.98. The van der Waals surface area contributed by atoms with Crippen LogP contribution in [0.1, 0.15) is 33.3 Å². The first-order valence-electron chi connectivity index (χ1n) is 10.0. The summed E-state index contributed by atoms with van der Waals surface area (Å²) in [5, 5.41) is 1.64. The average molecular weight is 417 g/mol. The van der Waals surface area contributed by atoms with Crippen LogP contribution in [-0.4, -0.2) is 28.9 Å². The van der Waals surface area contributed by atoms with E-state index in [-0.39, 0.29) is 12.0 Å². The normalized spacial score (nSPS) is 16.9. The summed E-state index contributed by atoms with van der Waals surface area (Å²) in [5.41, 5.74) is 4.41. The van der Waals surface area contributed by atoms with Gasteiger partial charge in [0.15, 0.2) is 0 Å². The predicted molar refractivity (Wildman–Crippen MR) is 119 cm³/mol. The van der Waals surface area contributed by atoms with Gasteiger partial charge in [0.1, 0.15) is 11.8 Å². The Morgan fingerprint density at radius 2 is 1.80 bits per heavy atom. The molecule has 2 heterocycles. The molecule has 1 N–H and O–H groups in total. The highest BCUT2D eigenvalue weighted by Gasteiger charge is 2.31. The van der Waals surface area contributed by atoms with Crippen molar-refractivity contribution in [3.8, 4) is 0 Å². The van der Waals surface area contributed by atoms with Gasteiger partial charge in [-0.25, -0.2) is 0 Å². The van der Waals surface area contributed by atoms with Crippen molar-refractivity contribution >= 4 is 28.4 Å². The molecular weight excluding hydrogens is 396 g/mol. The Hall–Kier alpha value is -3.08. The van der Waals surface area contributed by atoms with Crippen LogP contribution in [0.4, 0.5) is 0 Å². The lowest BCUT2D eigenvalue weighted by Gasteiger charge is -2.29. The molecule has 0 fully saturated rings. The third-order valence-corrected chi connectivity index (χ3v) is 5.76. The Bertz CT molecular complexity index is 1200. The zero-order chi connectivity index (χ0) is 20.5. The second-order valence-corrected chi connectivity index (χ2v) is 7.91. The van der Waals surface area contributed by atoms with Crippen LogP contribution in [0.3, 0.4) is 0 Å². The first-order valence-corrected chi connectivity index (χ1v) is 10.4. The first kappa shape index (κ1) is 18.9. The SMILES string of the molecule is O=C1c2[nH]c3ccccc3c2C(c2cccc(Cl)c2)OCCN1Cc1ccccc1. The fraction of sp³-hybridized carbons (Fsp3) is 0.160. The van der Waals surface area contributed by atoms with Gasteiger partial charge in [0.05, 0.1) is 6.61 Å². The van der Waals surface area contributed by atoms with Gasteiger partial charge in [-0.05, 0) is 29.3 Å². The van der Waals surface area contributed by atoms with Crippen molar-refractivity contribution in [3.05, 3.63) is 106 Å². The summed E-state index contributed by atoms with van der Waals surface area (Å²) in [4.78, 5) is 18.8. The lowest BCUT2D eigenvalue weighted by atomic mass is 9.97. The van der Waals surface area contributed by atoms with E-state index in [2.05, 4.69) is 4.98 Å². The minimum atomic E-state index is -0.363. The van der Waals surface area contributed by atoms with Crippen molar-refractivity contribution in [1.29, 1.82) is 0 Å². The van der Waals surface area contributed by atoms with E-state index in [1.54, 1.807) is 0 Å². The molecule has 1 atom stereocenters. The summed E-state index contributed by atoms with van der Waals surface area (Å²) in [6.45, 7) is 1.49. The number of carbonyl (C=O) groups excluding carboxylic acids is 1. The van der Waals surface area contributed by atoms with E-state index < -0.39 is 0 Å². The molecule has 1 aliphatic rings. The lowest BCUT2D eigenvalue weighted by molar-refractivity contribution is 0.0401. The molecule has 0 spiro atoms. The van der Waals surface area contributed by atoms with Crippen molar-refractivity contribution in [3.63, 3.8) is 0 Å². The maximum Gasteiger partial charge on any atom is 0.271 e. The Kier molecular flexibility index (Phi) is 5.03. The van der Waals surface area contributed by atoms with Crippen LogP contribution in [0.25, 0.3) is 10.9 Å². The number of hydrogen-bond donors (Lipinski definition) is 1. The van der Waals surface area contributed by atoms with Gasteiger partial charge in [0, 0.05) is 34.6 Å². The molecule has 0 saturated heterocycles. The van der Waals surface area contributed by atoms with Gasteiger partial charge in [-0.2, -0.15) is 0 Å². The third-order valence-electron chi connectivity index (χ3n) is 5.52. The smallest absolute Gasteiger partial charge is 0.271 e. The number of amides is 1. The van der Waals surface area contributed by atoms with E-state index in [0.29, 0.717) is 30.4 Å². The number of aromatic amines is 1. The molecule has 4 aromatic rings. The maximum absolute atomic E-state index is 13.6. The molecule has 4 nitrogen and oxygen atoms in total. The number of carbonyl (C=O) groups is 1. The molecule has 3 aromatic carbocycles. The number of ether oxygens (including phenoxy) is 1. The predicted octanol–water partition coefficient (Wildman–Crippen LogP) is 5.58. The van der Waals surface area contributed by atoms with Crippen LogP contribution in [0.15, 0.2) is 78.9 Å². The summed E-state index contributed by atoms with van der Waals surface area (Å²) < 4.78 is 6.36. The van der Waals surface area contributed by atoms with Gasteiger partial charge >= 0.3 is 0 Å². The summed E-state index contributed by atoms with van der Waals surface area (Å²) in [6.07, 6.45) is -0.363. The highest BCUT2D eigenvalue weighted by Crippen LogP contribution is 2.37. The van der Waals surface area contributed by atoms with Crippen LogP contribution in [0.5, 0.6) is 0 Å². The van der Waals surface area contributed by atoms with E-state index in [4.69, 9.17) is 16.3 Å². The quantitative estimate of drug-likeness (QED) is 0.473. The highest BCUT2D eigenvalue weighted by molar-refractivity contribution is 6.30. The maximum atomic E-state index is 13.6. The number of halogens is 1. The van der Waals surface area contributed by atoms with Gasteiger partial charge < -0.3 is 14.6 Å². The summed E-state index contributed by atoms with van der Waals surface area (Å²) >= 11 is 6.26. The summed E-state index contributed by atoms with van der Waals surface area (Å²) in [5.74, 6) is -0.0135. The second-order valence-electron chi connectivity index (χ2n) is 7.48. The van der Waals surface area contributed by atoms with Crippen LogP contribution in [-0.2, 0) is 11.3 Å². The molecule has 1 aromatic heterocycles. The number of hydrogen-bond acceptors (Lipinski definition) is 2. The molecular formula is C25H21ClN2O2. The Morgan fingerprint density at radius 3 is 2.63 bits per heavy atom. The topological polar surface area (TPSA) is 45.3 Å². The van der Waals surface area contributed by atoms with Crippen molar-refractivity contribution in [1.82, 2.24) is 9.88 Å². The number of H-pyrrole nitrogens is 1. The number of nitrogens with one attached hydrogen (secondary N) is 1. The molecule has 1 amide bonds. The lowest BCUT2D eigenvalue weighted by Crippen LogP contribution is -2.36. The van der Waals surface area contributed by atoms with E-state index in [0.717, 1.165) is 27.6 Å². The van der Waals surface area contributed by atoms with E-state index >= 15 is 0 Å². The van der Waals surface area contributed by atoms with Crippen molar-refractivity contribution in [2.45, 2.75) is 12.6 Å². The van der Waals surface area contributed by atoms with Gasteiger partial charge in [0.2, 0.25) is 0 Å². The molecule has 5 heteroatoms. The Morgan fingerprint density at radius 1 is 1.00 bits per heavy atom. The minimum Gasteiger partial charge on any atom is -0.367 e. The fourth-order valence-corrected chi connectivity index (χ4v) is 4.31. The van der Waals surface area contributed by atoms with Crippen molar-refractivity contribution in [2.24, 2.45) is 0 Å². The number of benzene rings is 3. The van der Waals surface area contributed by atoms with Gasteiger partial charge in [0.25, 0.3) is 5.91 Å². The molecule has 0 aliphatic carbocycles. The van der Waals surface area contributed by atoms with Crippen LogP contribution >= 0.6 is 11.6 Å². The van der Waals surface area contributed by atoms with Crippen LogP contribution < -0.4 is 0 Å². The van der Waals surface area contributed by atoms with Crippen molar-refractivity contribution in [2.75, 3.05) is 13.2 Å². The molecule has 30 heavy (non-hydrogen) atoms. The summed E-state index contributed by atoms with van der Waals surface area (Å²) in [6, 6.07) is 25.7. The standard InChI is InChI=1S/C25H21ClN2O2/c26-19-10-6-9-18(15-19)24-22-20-11-4-5-12-21(20)27-23(22)25(29)28(13-14-30-24)16-17-7-2-1-3-8-17/h1-12,15,24,27H,13-14,16H2. The fourth-order valence-electron chi connectivity index (χ4n) is 4.12. The molecule has 0 radical (unpaired) electrons. The summed E-state index contributed by atoms with van der Waals surface area (Å²) in [7, 11) is 0. The molecule has 5 rings (SSSR count). The molecule has 0 bridgehead atoms. The average Bonchev–Trinajstić information content (AvgIpc) is 3.14. The van der Waals surface area contributed by atoms with E-state index in [1.807, 2.05) is 83.8 Å². The molecule has 150 valence electrons. The molecule has 0 saturated carbocycles. The largest absolute Gasteiger partial charge is 0.367 e. The molecule has 1 unspecified atom stereocenters. The van der Waals surface area contributed by atoms with E-state index in [9.17, 15) is 4.79 Å². The number of nitrogens with zero attached hydrogens (tertiary/aromatic N) is 1. The number of aromatic nitrogens is 1. The monoisotopic (exact) mass is 416 g/mol. The van der Waals surface area contributed by atoms with Crippen LogP contribution in [0.2, 0.25) is 5.02 Å². The number of rotatable bonds is 3.